The second-order valence-electron chi connectivity index (χ2n) is 19.1. The van der Waals surface area contributed by atoms with Gasteiger partial charge in [0, 0.05) is 11.4 Å². The lowest BCUT2D eigenvalue weighted by atomic mass is 10.1. The zero-order chi connectivity index (χ0) is 50.5. The number of hydrogen-bond donors (Lipinski definition) is 7. The van der Waals surface area contributed by atoms with Crippen LogP contribution in [0.25, 0.3) is 33.6 Å². The Hall–Kier alpha value is -7.19. The molecule has 4 amide bonds. The number of aromatic amines is 2. The van der Waals surface area contributed by atoms with Crippen molar-refractivity contribution in [1.82, 2.24) is 30.6 Å². The summed E-state index contributed by atoms with van der Waals surface area (Å²) in [7, 11) is 0. The molecule has 0 aliphatic rings. The van der Waals surface area contributed by atoms with Gasteiger partial charge in [0.15, 0.2) is 0 Å². The molecule has 0 radical (unpaired) electrons. The number of nitrogens with one attached hydrogen (secondary N) is 7. The molecular weight excluding hydrogens is 921 g/mol. The Morgan fingerprint density at radius 2 is 1.15 bits per heavy atom. The van der Waals surface area contributed by atoms with Crippen molar-refractivity contribution in [3.05, 3.63) is 80.3 Å². The SMILES string of the molecule is CC(=Cc1cc(NC(=NC(=O)OC(C)(C)C)NC(=O)OC(C)(C)C)cc(NC(=NC(=O)OC(C)(C)C)NC(=O)OC(C)(C)C)c1)c1nc2ccc3[nH]c(Nc4c(Cl)cccc4Cl)nc3c2c(=O)[nH]1. The predicted molar refractivity (Wildman–Crippen MR) is 265 cm³/mol. The Morgan fingerprint density at radius 3 is 1.62 bits per heavy atom. The number of H-pyrrole nitrogens is 2. The number of carbonyl (C=O) groups excluding carboxylic acids is 4. The van der Waals surface area contributed by atoms with Gasteiger partial charge in [0.25, 0.3) is 5.56 Å². The summed E-state index contributed by atoms with van der Waals surface area (Å²) in [5.74, 6) is -0.277. The van der Waals surface area contributed by atoms with Gasteiger partial charge in [0.2, 0.25) is 17.9 Å². The van der Waals surface area contributed by atoms with E-state index in [1.54, 1.807) is 139 Å². The lowest BCUT2D eigenvalue weighted by Gasteiger charge is -2.22. The van der Waals surface area contributed by atoms with Crippen LogP contribution < -0.4 is 32.1 Å². The third-order valence-electron chi connectivity index (χ3n) is 8.20. The number of nitrogens with zero attached hydrogens (tertiary/aromatic N) is 4. The molecule has 20 nitrogen and oxygen atoms in total. The maximum atomic E-state index is 13.8. The zero-order valence-electron chi connectivity index (χ0n) is 39.9. The minimum atomic E-state index is -1.04. The van der Waals surface area contributed by atoms with E-state index < -0.39 is 52.3 Å². The fourth-order valence-corrected chi connectivity index (χ4v) is 6.37. The van der Waals surface area contributed by atoms with Crippen LogP contribution in [-0.4, -0.2) is 78.6 Å². The van der Waals surface area contributed by atoms with Crippen molar-refractivity contribution < 1.29 is 38.1 Å². The molecule has 0 saturated carbocycles. The number of allylic oxidation sites excluding steroid dienone is 1. The first kappa shape index (κ1) is 51.8. The number of fused-ring (bicyclic) bond motifs is 3. The molecule has 0 aliphatic heterocycles. The average Bonchev–Trinajstić information content (AvgIpc) is 3.55. The van der Waals surface area contributed by atoms with Crippen LogP contribution in [0.2, 0.25) is 10.0 Å². The van der Waals surface area contributed by atoms with Crippen molar-refractivity contribution >= 4 is 116 Å². The number of para-hydroxylation sites is 1. The molecule has 0 spiro atoms. The Kier molecular flexibility index (Phi) is 15.5. The highest BCUT2D eigenvalue weighted by atomic mass is 35.5. The molecule has 0 saturated heterocycles. The van der Waals surface area contributed by atoms with Crippen molar-refractivity contribution in [3.8, 4) is 0 Å². The van der Waals surface area contributed by atoms with Gasteiger partial charge in [-0.25, -0.2) is 29.1 Å². The summed E-state index contributed by atoms with van der Waals surface area (Å²) in [6.45, 7) is 21.5. The van der Waals surface area contributed by atoms with Crippen LogP contribution in [0, 0.1) is 0 Å². The average molecular weight is 977 g/mol. The summed E-state index contributed by atoms with van der Waals surface area (Å²) in [5, 5.41) is 14.8. The summed E-state index contributed by atoms with van der Waals surface area (Å²) in [6.07, 6.45) is -2.29. The fourth-order valence-electron chi connectivity index (χ4n) is 5.88. The molecule has 0 unspecified atom stereocenters. The summed E-state index contributed by atoms with van der Waals surface area (Å²) in [5.41, 5.74) is -1.27. The van der Waals surface area contributed by atoms with Gasteiger partial charge < -0.3 is 44.9 Å². The van der Waals surface area contributed by atoms with Crippen LogP contribution in [0.1, 0.15) is 101 Å². The quantitative estimate of drug-likeness (QED) is 0.0474. The number of alkyl carbamates (subject to hydrolysis) is 2. The number of amides is 4. The number of guanidine groups is 2. The topological polar surface area (TPSA) is 264 Å². The number of hydrogen-bond acceptors (Lipinski definition) is 12. The van der Waals surface area contributed by atoms with Crippen LogP contribution in [0.5, 0.6) is 0 Å². The maximum Gasteiger partial charge on any atom is 0.437 e. The van der Waals surface area contributed by atoms with E-state index in [-0.39, 0.29) is 34.5 Å². The third kappa shape index (κ3) is 15.7. The molecule has 5 aromatic rings. The molecule has 22 heteroatoms. The number of aromatic nitrogens is 4. The largest absolute Gasteiger partial charge is 0.444 e. The molecule has 2 aromatic heterocycles. The van der Waals surface area contributed by atoms with E-state index >= 15 is 0 Å². The lowest BCUT2D eigenvalue weighted by molar-refractivity contribution is 0.0545. The lowest BCUT2D eigenvalue weighted by Crippen LogP contribution is -2.41. The Labute approximate surface area is 402 Å². The second-order valence-corrected chi connectivity index (χ2v) is 19.9. The van der Waals surface area contributed by atoms with Gasteiger partial charge in [-0.05, 0) is 150 Å². The maximum absolute atomic E-state index is 13.8. The van der Waals surface area contributed by atoms with E-state index in [9.17, 15) is 24.0 Å². The van der Waals surface area contributed by atoms with E-state index in [1.807, 2.05) is 0 Å². The molecule has 0 aliphatic carbocycles. The number of ether oxygens (including phenoxy) is 4. The van der Waals surface area contributed by atoms with Gasteiger partial charge >= 0.3 is 24.4 Å². The summed E-state index contributed by atoms with van der Waals surface area (Å²) in [6, 6.07) is 13.2. The monoisotopic (exact) mass is 975 g/mol. The van der Waals surface area contributed by atoms with Crippen LogP contribution in [0.3, 0.4) is 0 Å². The summed E-state index contributed by atoms with van der Waals surface area (Å²) >= 11 is 12.7. The van der Waals surface area contributed by atoms with Crippen LogP contribution >= 0.6 is 23.2 Å². The molecule has 3 aromatic carbocycles. The first-order chi connectivity index (χ1) is 31.4. The van der Waals surface area contributed by atoms with Gasteiger partial charge in [-0.1, -0.05) is 29.3 Å². The number of carbonyl (C=O) groups is 4. The highest BCUT2D eigenvalue weighted by Gasteiger charge is 2.24. The van der Waals surface area contributed by atoms with Gasteiger partial charge in [-0.2, -0.15) is 0 Å². The fraction of sp³-hybridized carbons (Fsp3) is 0.370. The predicted octanol–water partition coefficient (Wildman–Crippen LogP) is 10.9. The van der Waals surface area contributed by atoms with E-state index in [1.165, 1.54) is 6.07 Å². The van der Waals surface area contributed by atoms with Crippen molar-refractivity contribution in [1.29, 1.82) is 0 Å². The number of benzene rings is 3. The number of rotatable bonds is 6. The molecule has 2 heterocycles. The van der Waals surface area contributed by atoms with Crippen LogP contribution in [-0.2, 0) is 18.9 Å². The Morgan fingerprint density at radius 1 is 0.662 bits per heavy atom. The number of aliphatic imine (C=N–C) groups is 2. The van der Waals surface area contributed by atoms with Crippen LogP contribution in [0.15, 0.2) is 63.3 Å². The highest BCUT2D eigenvalue weighted by molar-refractivity contribution is 6.39. The molecule has 362 valence electrons. The van der Waals surface area contributed by atoms with Gasteiger partial charge in [-0.15, -0.1) is 9.98 Å². The van der Waals surface area contributed by atoms with E-state index in [0.717, 1.165) is 0 Å². The Bertz CT molecular complexity index is 2800. The normalized spacial score (nSPS) is 12.9. The molecule has 5 rings (SSSR count). The third-order valence-corrected chi connectivity index (χ3v) is 8.83. The minimum absolute atomic E-state index is 0.185. The first-order valence-electron chi connectivity index (χ1n) is 21.0. The first-order valence-corrected chi connectivity index (χ1v) is 21.8. The van der Waals surface area contributed by atoms with Gasteiger partial charge in [-0.3, -0.25) is 15.4 Å². The van der Waals surface area contributed by atoms with E-state index in [2.05, 4.69) is 51.5 Å². The van der Waals surface area contributed by atoms with Crippen molar-refractivity contribution in [2.45, 2.75) is 112 Å². The zero-order valence-corrected chi connectivity index (χ0v) is 41.4. The van der Waals surface area contributed by atoms with Crippen molar-refractivity contribution in [2.75, 3.05) is 16.0 Å². The highest BCUT2D eigenvalue weighted by Crippen LogP contribution is 2.33. The second kappa shape index (κ2) is 20.4. The number of imidazole rings is 1. The Balaban J connectivity index is 1.61. The van der Waals surface area contributed by atoms with Gasteiger partial charge in [0.05, 0.1) is 32.2 Å². The number of anilines is 4. The molecular formula is C46H55Cl2N11O9. The van der Waals surface area contributed by atoms with E-state index in [4.69, 9.17) is 47.1 Å². The smallest absolute Gasteiger partial charge is 0.437 e. The van der Waals surface area contributed by atoms with Crippen molar-refractivity contribution in [2.24, 2.45) is 9.98 Å². The van der Waals surface area contributed by atoms with E-state index in [0.29, 0.717) is 49.4 Å². The van der Waals surface area contributed by atoms with Crippen molar-refractivity contribution in [3.63, 3.8) is 0 Å². The molecule has 0 bridgehead atoms. The molecule has 7 N–H and O–H groups in total. The summed E-state index contributed by atoms with van der Waals surface area (Å²) < 4.78 is 21.6. The standard InChI is InChI=1S/C46H55Cl2N11O9/c1-23(34-51-29-17-18-30-33(31(29)35(60)55-34)54-38(52-30)53-32-27(47)15-14-16-28(32)48)19-24-20-25(49-36(56-39(61)65-43(2,3)4)57-40(62)66-44(5,6)7)22-26(21-24)50-37(58-41(63)67-45(8,9)10)59-42(64)68-46(11,12)13/h14-22H,1-13H3,(H,51,55,60)(H2,52,53,54)(H2,49,56,57,61,62)(H2,50,58,59,63,64). The van der Waals surface area contributed by atoms with Gasteiger partial charge in [0.1, 0.15) is 33.7 Å². The molecule has 68 heavy (non-hydrogen) atoms. The number of halogens is 2. The van der Waals surface area contributed by atoms with Crippen LogP contribution in [0.4, 0.5) is 42.2 Å². The summed E-state index contributed by atoms with van der Waals surface area (Å²) in [4.78, 5) is 89.1. The minimum Gasteiger partial charge on any atom is -0.444 e. The molecule has 0 atom stereocenters. The molecule has 0 fully saturated rings.